The van der Waals surface area contributed by atoms with E-state index in [1.165, 1.54) is 0 Å². The minimum atomic E-state index is 0.663. The smallest absolute Gasteiger partial charge is 0.164 e. The Labute approximate surface area is 156 Å². The Morgan fingerprint density at radius 3 is 1.44 bits per heavy atom. The molecule has 0 aliphatic heterocycles. The molecule has 0 aliphatic rings. The summed E-state index contributed by atoms with van der Waals surface area (Å²) in [6.07, 6.45) is 2.99. The van der Waals surface area contributed by atoms with Crippen LogP contribution < -0.4 is 0 Å². The van der Waals surface area contributed by atoms with Crippen LogP contribution in [-0.2, 0) is 13.1 Å². The molecule has 0 aliphatic carbocycles. The minimum Gasteiger partial charge on any atom is -0.164 e. The van der Waals surface area contributed by atoms with E-state index in [-0.39, 0.29) is 0 Å². The average Bonchev–Trinajstić information content (AvgIpc) is 3.39. The van der Waals surface area contributed by atoms with Crippen LogP contribution >= 0.6 is 0 Å². The fourth-order valence-electron chi connectivity index (χ4n) is 2.76. The molecule has 0 N–H and O–H groups in total. The van der Waals surface area contributed by atoms with Crippen molar-refractivity contribution in [1.82, 2.24) is 40.4 Å². The quantitative estimate of drug-likeness (QED) is 0.449. The largest absolute Gasteiger partial charge is 0.204 e. The Balaban J connectivity index is 1.21. The number of tetrazole rings is 2. The Hall–Kier alpha value is -3.42. The van der Waals surface area contributed by atoms with Gasteiger partial charge in [-0.3, -0.25) is 0 Å². The molecule has 0 atom stereocenters. The second-order valence-electron chi connectivity index (χ2n) is 6.21. The molecule has 8 heteroatoms. The van der Waals surface area contributed by atoms with Gasteiger partial charge in [0.15, 0.2) is 0 Å². The number of aromatic nitrogens is 8. The van der Waals surface area contributed by atoms with Gasteiger partial charge in [0.2, 0.25) is 11.6 Å². The first kappa shape index (κ1) is 17.0. The van der Waals surface area contributed by atoms with Crippen LogP contribution in [0.15, 0.2) is 60.7 Å². The molecule has 0 bridgehead atoms. The Morgan fingerprint density at radius 2 is 1.00 bits per heavy atom. The fourth-order valence-corrected chi connectivity index (χ4v) is 2.76. The number of rotatable bonds is 8. The molecule has 2 aromatic heterocycles. The lowest BCUT2D eigenvalue weighted by Crippen LogP contribution is -2.05. The molecule has 4 rings (SSSR count). The number of benzene rings is 2. The molecule has 0 saturated carbocycles. The topological polar surface area (TPSA) is 87.2 Å². The third-order valence-corrected chi connectivity index (χ3v) is 4.19. The van der Waals surface area contributed by atoms with Crippen molar-refractivity contribution < 1.29 is 0 Å². The molecule has 0 fully saturated rings. The summed E-state index contributed by atoms with van der Waals surface area (Å²) < 4.78 is 0. The summed E-state index contributed by atoms with van der Waals surface area (Å²) in [6.45, 7) is 1.50. The van der Waals surface area contributed by atoms with E-state index in [1.54, 1.807) is 9.59 Å². The van der Waals surface area contributed by atoms with Crippen molar-refractivity contribution in [3.8, 4) is 22.8 Å². The third-order valence-electron chi connectivity index (χ3n) is 4.19. The molecule has 136 valence electrons. The maximum absolute atomic E-state index is 4.43. The molecule has 8 nitrogen and oxygen atoms in total. The Morgan fingerprint density at radius 1 is 0.556 bits per heavy atom. The van der Waals surface area contributed by atoms with Gasteiger partial charge in [-0.05, 0) is 29.7 Å². The zero-order valence-corrected chi connectivity index (χ0v) is 14.9. The molecule has 2 heterocycles. The highest BCUT2D eigenvalue weighted by atomic mass is 15.6. The van der Waals surface area contributed by atoms with E-state index in [0.29, 0.717) is 11.6 Å². The van der Waals surface area contributed by atoms with Crippen molar-refractivity contribution >= 4 is 0 Å². The molecule has 0 amide bonds. The highest BCUT2D eigenvalue weighted by Crippen LogP contribution is 2.13. The van der Waals surface area contributed by atoms with E-state index in [4.69, 9.17) is 0 Å². The predicted octanol–water partition coefficient (Wildman–Crippen LogP) is 2.86. The van der Waals surface area contributed by atoms with Crippen molar-refractivity contribution in [2.75, 3.05) is 0 Å². The van der Waals surface area contributed by atoms with Crippen LogP contribution in [0.5, 0.6) is 0 Å². The lowest BCUT2D eigenvalue weighted by molar-refractivity contribution is 0.444. The molecule has 2 aromatic carbocycles. The van der Waals surface area contributed by atoms with Gasteiger partial charge >= 0.3 is 0 Å². The fraction of sp³-hybridized carbons (Fsp3) is 0.263. The maximum atomic E-state index is 4.43. The molecule has 0 radical (unpaired) electrons. The number of nitrogens with zero attached hydrogens (tertiary/aromatic N) is 8. The first-order valence-corrected chi connectivity index (χ1v) is 9.05. The Bertz CT molecular complexity index is 882. The van der Waals surface area contributed by atoms with Crippen molar-refractivity contribution in [3.05, 3.63) is 60.7 Å². The van der Waals surface area contributed by atoms with Crippen LogP contribution in [0.25, 0.3) is 22.8 Å². The lowest BCUT2D eigenvalue weighted by Gasteiger charge is -2.00. The standard InChI is InChI=1S/C19H20N8/c1-4-10-16(11-5-1)18-20-24-26(22-18)14-8-3-9-15-27-23-19(21-25-27)17-12-6-2-7-13-17/h1-2,4-7,10-13H,3,8-9,14-15H2. The van der Waals surface area contributed by atoms with Gasteiger partial charge in [0.05, 0.1) is 13.1 Å². The summed E-state index contributed by atoms with van der Waals surface area (Å²) in [7, 11) is 0. The van der Waals surface area contributed by atoms with Gasteiger partial charge in [0.1, 0.15) is 0 Å². The number of unbranched alkanes of at least 4 members (excludes halogenated alkanes) is 2. The van der Waals surface area contributed by atoms with E-state index in [2.05, 4.69) is 30.8 Å². The average molecular weight is 360 g/mol. The first-order chi connectivity index (χ1) is 13.4. The van der Waals surface area contributed by atoms with Crippen molar-refractivity contribution in [1.29, 1.82) is 0 Å². The minimum absolute atomic E-state index is 0.663. The van der Waals surface area contributed by atoms with Crippen LogP contribution in [-0.4, -0.2) is 40.4 Å². The zero-order chi connectivity index (χ0) is 18.3. The highest BCUT2D eigenvalue weighted by Gasteiger charge is 2.06. The van der Waals surface area contributed by atoms with Crippen LogP contribution in [0.3, 0.4) is 0 Å². The van der Waals surface area contributed by atoms with E-state index >= 15 is 0 Å². The third kappa shape index (κ3) is 4.41. The van der Waals surface area contributed by atoms with E-state index in [1.807, 2.05) is 60.7 Å². The van der Waals surface area contributed by atoms with E-state index in [9.17, 15) is 0 Å². The van der Waals surface area contributed by atoms with Crippen LogP contribution in [0, 0.1) is 0 Å². The predicted molar refractivity (Wildman–Crippen MR) is 100 cm³/mol. The van der Waals surface area contributed by atoms with Crippen LogP contribution in [0.2, 0.25) is 0 Å². The number of aryl methyl sites for hydroxylation is 2. The van der Waals surface area contributed by atoms with Crippen LogP contribution in [0.4, 0.5) is 0 Å². The molecule has 0 spiro atoms. The van der Waals surface area contributed by atoms with Gasteiger partial charge in [-0.2, -0.15) is 9.59 Å². The molecule has 0 unspecified atom stereocenters. The van der Waals surface area contributed by atoms with Crippen molar-refractivity contribution in [2.24, 2.45) is 0 Å². The number of hydrogen-bond acceptors (Lipinski definition) is 6. The summed E-state index contributed by atoms with van der Waals surface area (Å²) in [4.78, 5) is 3.31. The normalized spacial score (nSPS) is 11.0. The summed E-state index contributed by atoms with van der Waals surface area (Å²) in [5, 5.41) is 25.3. The molecular weight excluding hydrogens is 340 g/mol. The van der Waals surface area contributed by atoms with E-state index in [0.717, 1.165) is 43.5 Å². The van der Waals surface area contributed by atoms with Gasteiger partial charge in [0.25, 0.3) is 0 Å². The second-order valence-corrected chi connectivity index (χ2v) is 6.21. The van der Waals surface area contributed by atoms with Gasteiger partial charge in [-0.15, -0.1) is 20.4 Å². The monoisotopic (exact) mass is 360 g/mol. The van der Waals surface area contributed by atoms with Gasteiger partial charge in [-0.25, -0.2) is 0 Å². The summed E-state index contributed by atoms with van der Waals surface area (Å²) in [5.41, 5.74) is 1.96. The van der Waals surface area contributed by atoms with Gasteiger partial charge < -0.3 is 0 Å². The first-order valence-electron chi connectivity index (χ1n) is 9.05. The second kappa shape index (κ2) is 8.31. The summed E-state index contributed by atoms with van der Waals surface area (Å²) >= 11 is 0. The molecule has 4 aromatic rings. The zero-order valence-electron chi connectivity index (χ0n) is 14.9. The highest BCUT2D eigenvalue weighted by molar-refractivity contribution is 5.53. The van der Waals surface area contributed by atoms with Gasteiger partial charge in [-0.1, -0.05) is 60.7 Å². The molecule has 0 saturated heterocycles. The van der Waals surface area contributed by atoms with Crippen LogP contribution in [0.1, 0.15) is 19.3 Å². The summed E-state index contributed by atoms with van der Waals surface area (Å²) in [5.74, 6) is 1.33. The van der Waals surface area contributed by atoms with Gasteiger partial charge in [0, 0.05) is 11.1 Å². The lowest BCUT2D eigenvalue weighted by atomic mass is 10.2. The Kier molecular flexibility index (Phi) is 5.24. The van der Waals surface area contributed by atoms with Crippen molar-refractivity contribution in [2.45, 2.75) is 32.4 Å². The van der Waals surface area contributed by atoms with Crippen molar-refractivity contribution in [3.63, 3.8) is 0 Å². The molecule has 27 heavy (non-hydrogen) atoms. The SMILES string of the molecule is c1ccc(-c2nnn(CCCCCn3nnc(-c4ccccc4)n3)n2)cc1. The molecular formula is C19H20N8. The van der Waals surface area contributed by atoms with E-state index < -0.39 is 0 Å². The maximum Gasteiger partial charge on any atom is 0.204 e. The summed E-state index contributed by atoms with van der Waals surface area (Å²) in [6, 6.07) is 19.8. The number of hydrogen-bond donors (Lipinski definition) is 0.